The van der Waals surface area contributed by atoms with Gasteiger partial charge < -0.3 is 20.3 Å². The Morgan fingerprint density at radius 2 is 1.67 bits per heavy atom. The Morgan fingerprint density at radius 3 is 2.44 bits per heavy atom. The van der Waals surface area contributed by atoms with Crippen molar-refractivity contribution in [1.29, 1.82) is 0 Å². The predicted octanol–water partition coefficient (Wildman–Crippen LogP) is 5.79. The van der Waals surface area contributed by atoms with Gasteiger partial charge in [-0.05, 0) is 107 Å². The van der Waals surface area contributed by atoms with Crippen LogP contribution in [0.5, 0.6) is 0 Å². The van der Waals surface area contributed by atoms with Crippen LogP contribution in [0.2, 0.25) is 0 Å². The Bertz CT molecular complexity index is 1270. The highest BCUT2D eigenvalue weighted by atomic mass is 32.1. The van der Waals surface area contributed by atoms with Gasteiger partial charge in [-0.25, -0.2) is 4.98 Å². The first-order valence-corrected chi connectivity index (χ1v) is 16.0. The van der Waals surface area contributed by atoms with E-state index in [2.05, 4.69) is 51.7 Å². The number of rotatable bonds is 6. The summed E-state index contributed by atoms with van der Waals surface area (Å²) < 4.78 is 5.58. The molecule has 2 saturated heterocycles. The van der Waals surface area contributed by atoms with Crippen molar-refractivity contribution >= 4 is 39.0 Å². The molecule has 0 atom stereocenters. The summed E-state index contributed by atoms with van der Waals surface area (Å²) in [7, 11) is 2.22. The van der Waals surface area contributed by atoms with E-state index < -0.39 is 0 Å². The zero-order valence-electron chi connectivity index (χ0n) is 23.3. The number of benzene rings is 1. The van der Waals surface area contributed by atoms with E-state index in [-0.39, 0.29) is 0 Å². The summed E-state index contributed by atoms with van der Waals surface area (Å²) in [5.41, 5.74) is 4.01. The largest absolute Gasteiger partial charge is 0.379 e. The second-order valence-electron chi connectivity index (χ2n) is 12.1. The molecular weight excluding hydrogens is 504 g/mol. The highest BCUT2D eigenvalue weighted by molar-refractivity contribution is 7.19. The van der Waals surface area contributed by atoms with Crippen LogP contribution in [-0.2, 0) is 17.6 Å². The number of thiophene rings is 1. The molecular formula is C31H42N6OS. The smallest absolute Gasteiger partial charge is 0.230 e. The number of fused-ring (bicyclic) bond motifs is 3. The lowest BCUT2D eigenvalue weighted by Crippen LogP contribution is -2.46. The SMILES string of the molecule is CN1CCC(c2ccc(Nc3nc(NC4CCC(N5CCOCC5)CC4)c4c5c(sc4n3)CCC5)cc2)CC1. The van der Waals surface area contributed by atoms with Crippen molar-refractivity contribution < 1.29 is 4.74 Å². The van der Waals surface area contributed by atoms with E-state index in [1.54, 1.807) is 0 Å². The van der Waals surface area contributed by atoms with Crippen LogP contribution in [0.4, 0.5) is 17.5 Å². The van der Waals surface area contributed by atoms with Crippen molar-refractivity contribution in [3.05, 3.63) is 40.3 Å². The Labute approximate surface area is 236 Å². The van der Waals surface area contributed by atoms with Crippen LogP contribution >= 0.6 is 11.3 Å². The first kappa shape index (κ1) is 25.7. The first-order valence-electron chi connectivity index (χ1n) is 15.2. The molecule has 3 aromatic rings. The number of piperidine rings is 1. The molecule has 39 heavy (non-hydrogen) atoms. The van der Waals surface area contributed by atoms with Crippen LogP contribution in [0.3, 0.4) is 0 Å². The van der Waals surface area contributed by atoms with E-state index in [0.717, 1.165) is 49.1 Å². The molecule has 3 fully saturated rings. The number of aryl methyl sites for hydroxylation is 2. The van der Waals surface area contributed by atoms with Crippen LogP contribution < -0.4 is 10.6 Å². The zero-order valence-corrected chi connectivity index (χ0v) is 24.1. The minimum atomic E-state index is 0.471. The summed E-state index contributed by atoms with van der Waals surface area (Å²) in [5.74, 6) is 2.42. The summed E-state index contributed by atoms with van der Waals surface area (Å²) in [6.45, 7) is 6.32. The maximum Gasteiger partial charge on any atom is 0.230 e. The molecule has 208 valence electrons. The maximum atomic E-state index is 5.58. The summed E-state index contributed by atoms with van der Waals surface area (Å²) >= 11 is 1.87. The third kappa shape index (κ3) is 5.53. The number of nitrogens with zero attached hydrogens (tertiary/aromatic N) is 4. The topological polar surface area (TPSA) is 65.5 Å². The standard InChI is InChI=1S/C31H42N6OS/c1-36-15-13-22(14-16-36)21-5-7-24(8-6-21)33-31-34-29(28-26-3-2-4-27(26)39-30(28)35-31)32-23-9-11-25(12-10-23)37-17-19-38-20-18-37/h5-8,22-23,25H,2-4,9-20H2,1H3,(H2,32,33,34,35). The molecule has 4 aliphatic rings. The Hall–Kier alpha value is -2.26. The van der Waals surface area contributed by atoms with Gasteiger partial charge in [-0.1, -0.05) is 12.1 Å². The number of aromatic nitrogens is 2. The molecule has 1 aromatic carbocycles. The second kappa shape index (κ2) is 11.3. The minimum Gasteiger partial charge on any atom is -0.379 e. The highest BCUT2D eigenvalue weighted by Gasteiger charge is 2.29. The molecule has 2 aliphatic carbocycles. The number of hydrogen-bond donors (Lipinski definition) is 2. The quantitative estimate of drug-likeness (QED) is 0.406. The summed E-state index contributed by atoms with van der Waals surface area (Å²) in [4.78, 5) is 17.8. The number of likely N-dealkylation sites (tertiary alicyclic amines) is 1. The lowest BCUT2D eigenvalue weighted by molar-refractivity contribution is 0.00791. The molecule has 2 aliphatic heterocycles. The Kier molecular flexibility index (Phi) is 7.45. The van der Waals surface area contributed by atoms with Gasteiger partial charge in [-0.2, -0.15) is 4.98 Å². The molecule has 2 N–H and O–H groups in total. The zero-order chi connectivity index (χ0) is 26.2. The Morgan fingerprint density at radius 1 is 0.897 bits per heavy atom. The van der Waals surface area contributed by atoms with Gasteiger partial charge in [0.05, 0.1) is 18.6 Å². The molecule has 0 radical (unpaired) electrons. The van der Waals surface area contributed by atoms with Crippen LogP contribution in [0.1, 0.15) is 66.9 Å². The van der Waals surface area contributed by atoms with Crippen LogP contribution in [0.25, 0.3) is 10.2 Å². The summed E-state index contributed by atoms with van der Waals surface area (Å²) in [6.07, 6.45) is 11.0. The molecule has 8 heteroatoms. The summed E-state index contributed by atoms with van der Waals surface area (Å²) in [5, 5.41) is 8.74. The normalized spacial score (nSPS) is 25.2. The van der Waals surface area contributed by atoms with Gasteiger partial charge in [-0.15, -0.1) is 11.3 Å². The van der Waals surface area contributed by atoms with Crippen molar-refractivity contribution in [1.82, 2.24) is 19.8 Å². The molecule has 1 saturated carbocycles. The maximum absolute atomic E-state index is 5.58. The fourth-order valence-electron chi connectivity index (χ4n) is 7.19. The molecule has 2 aromatic heterocycles. The van der Waals surface area contributed by atoms with Gasteiger partial charge in [0.2, 0.25) is 5.95 Å². The fraction of sp³-hybridized carbons (Fsp3) is 0.613. The van der Waals surface area contributed by atoms with Gasteiger partial charge in [0.1, 0.15) is 10.6 Å². The van der Waals surface area contributed by atoms with Crippen molar-refractivity contribution in [2.24, 2.45) is 0 Å². The van der Waals surface area contributed by atoms with E-state index in [4.69, 9.17) is 14.7 Å². The van der Waals surface area contributed by atoms with Crippen molar-refractivity contribution in [2.45, 2.75) is 75.8 Å². The minimum absolute atomic E-state index is 0.471. The van der Waals surface area contributed by atoms with Crippen LogP contribution in [0.15, 0.2) is 24.3 Å². The second-order valence-corrected chi connectivity index (χ2v) is 13.1. The molecule has 4 heterocycles. The van der Waals surface area contributed by atoms with Crippen molar-refractivity contribution in [3.8, 4) is 0 Å². The summed E-state index contributed by atoms with van der Waals surface area (Å²) in [6, 6.07) is 10.2. The molecule has 7 rings (SSSR count). The van der Waals surface area contributed by atoms with Gasteiger partial charge in [0.15, 0.2) is 0 Å². The molecule has 7 nitrogen and oxygen atoms in total. The molecule has 0 bridgehead atoms. The third-order valence-electron chi connectivity index (χ3n) is 9.52. The van der Waals surface area contributed by atoms with Crippen LogP contribution in [0, 0.1) is 0 Å². The van der Waals surface area contributed by atoms with E-state index in [1.807, 2.05) is 11.3 Å². The average Bonchev–Trinajstić information content (AvgIpc) is 3.56. The lowest BCUT2D eigenvalue weighted by Gasteiger charge is -2.39. The number of nitrogens with one attached hydrogen (secondary N) is 2. The fourth-order valence-corrected chi connectivity index (χ4v) is 8.45. The van der Waals surface area contributed by atoms with E-state index >= 15 is 0 Å². The highest BCUT2D eigenvalue weighted by Crippen LogP contribution is 2.41. The number of morpholine rings is 1. The average molecular weight is 547 g/mol. The third-order valence-corrected chi connectivity index (χ3v) is 10.7. The first-order chi connectivity index (χ1) is 19.2. The van der Waals surface area contributed by atoms with E-state index in [9.17, 15) is 0 Å². The predicted molar refractivity (Wildman–Crippen MR) is 161 cm³/mol. The van der Waals surface area contributed by atoms with Crippen molar-refractivity contribution in [2.75, 3.05) is 57.1 Å². The monoisotopic (exact) mass is 546 g/mol. The molecule has 0 amide bonds. The van der Waals surface area contributed by atoms with Gasteiger partial charge >= 0.3 is 0 Å². The lowest BCUT2D eigenvalue weighted by atomic mass is 9.89. The van der Waals surface area contributed by atoms with Gasteiger partial charge in [-0.3, -0.25) is 4.90 Å². The van der Waals surface area contributed by atoms with Crippen molar-refractivity contribution in [3.63, 3.8) is 0 Å². The van der Waals surface area contributed by atoms with E-state index in [0.29, 0.717) is 23.9 Å². The Balaban J connectivity index is 1.08. The van der Waals surface area contributed by atoms with Gasteiger partial charge in [0, 0.05) is 35.7 Å². The molecule has 0 spiro atoms. The van der Waals surface area contributed by atoms with Gasteiger partial charge in [0.25, 0.3) is 0 Å². The van der Waals surface area contributed by atoms with E-state index in [1.165, 1.54) is 85.8 Å². The molecule has 0 unspecified atom stereocenters. The number of anilines is 3. The number of ether oxygens (including phenoxy) is 1. The van der Waals surface area contributed by atoms with Crippen LogP contribution in [-0.4, -0.2) is 78.3 Å². The number of hydrogen-bond acceptors (Lipinski definition) is 8.